The van der Waals surface area contributed by atoms with E-state index < -0.39 is 0 Å². The molecule has 0 radical (unpaired) electrons. The van der Waals surface area contributed by atoms with E-state index in [1.807, 2.05) is 18.2 Å². The summed E-state index contributed by atoms with van der Waals surface area (Å²) in [5.41, 5.74) is 5.21. The van der Waals surface area contributed by atoms with Gasteiger partial charge < -0.3 is 30.8 Å². The summed E-state index contributed by atoms with van der Waals surface area (Å²) in [7, 11) is 0. The van der Waals surface area contributed by atoms with Crippen molar-refractivity contribution in [2.75, 3.05) is 35.2 Å². The molecule has 0 aliphatic carbocycles. The maximum atomic E-state index is 5.64. The molecule has 0 bridgehead atoms. The molecule has 1 fully saturated rings. The van der Waals surface area contributed by atoms with Crippen LogP contribution >= 0.6 is 0 Å². The van der Waals surface area contributed by atoms with Crippen molar-refractivity contribution >= 4 is 17.6 Å². The molecule has 10 heteroatoms. The van der Waals surface area contributed by atoms with Crippen LogP contribution in [0.4, 0.5) is 17.6 Å². The van der Waals surface area contributed by atoms with E-state index >= 15 is 0 Å². The van der Waals surface area contributed by atoms with Gasteiger partial charge in [0.1, 0.15) is 11.6 Å². The molecular weight excluding hydrogens is 418 g/mol. The SMILES string of the molecule is C=C(/C=C(\NN)C(C)C)Nc1cc(N2CCN[C@@H](C)C2)nc(NCc2cc(C(C)C)no2)n1. The maximum absolute atomic E-state index is 5.64. The smallest absolute Gasteiger partial charge is 0.227 e. The largest absolute Gasteiger partial charge is 0.359 e. The predicted molar refractivity (Wildman–Crippen MR) is 133 cm³/mol. The lowest BCUT2D eigenvalue weighted by molar-refractivity contribution is 0.379. The topological polar surface area (TPSA) is 129 Å². The fraction of sp³-hybridized carbons (Fsp3) is 0.522. The van der Waals surface area contributed by atoms with Gasteiger partial charge in [0.2, 0.25) is 5.95 Å². The number of allylic oxidation sites excluding steroid dienone is 2. The van der Waals surface area contributed by atoms with Gasteiger partial charge in [-0.1, -0.05) is 39.4 Å². The van der Waals surface area contributed by atoms with Gasteiger partial charge in [-0.25, -0.2) is 0 Å². The Bertz CT molecular complexity index is 967. The Labute approximate surface area is 196 Å². The van der Waals surface area contributed by atoms with Crippen LogP contribution in [0.5, 0.6) is 0 Å². The van der Waals surface area contributed by atoms with Crippen LogP contribution in [0.1, 0.15) is 52.0 Å². The Morgan fingerprint density at radius 3 is 2.76 bits per heavy atom. The van der Waals surface area contributed by atoms with Crippen LogP contribution in [0.25, 0.3) is 0 Å². The lowest BCUT2D eigenvalue weighted by Gasteiger charge is -2.33. The average molecular weight is 456 g/mol. The first-order valence-electron chi connectivity index (χ1n) is 11.5. The van der Waals surface area contributed by atoms with Crippen molar-refractivity contribution in [3.8, 4) is 0 Å². The van der Waals surface area contributed by atoms with Gasteiger partial charge in [-0.2, -0.15) is 9.97 Å². The van der Waals surface area contributed by atoms with E-state index in [4.69, 9.17) is 15.3 Å². The van der Waals surface area contributed by atoms with Gasteiger partial charge in [-0.3, -0.25) is 5.84 Å². The van der Waals surface area contributed by atoms with Crippen molar-refractivity contribution in [2.45, 2.75) is 53.1 Å². The van der Waals surface area contributed by atoms with E-state index in [-0.39, 0.29) is 5.92 Å². The number of hydrogen-bond acceptors (Lipinski definition) is 10. The first-order chi connectivity index (χ1) is 15.7. The number of aromatic nitrogens is 3. The summed E-state index contributed by atoms with van der Waals surface area (Å²) in [4.78, 5) is 11.7. The van der Waals surface area contributed by atoms with E-state index in [1.165, 1.54) is 0 Å². The summed E-state index contributed by atoms with van der Waals surface area (Å²) in [6.07, 6.45) is 1.88. The number of hydrazine groups is 1. The molecule has 0 spiro atoms. The highest BCUT2D eigenvalue weighted by Gasteiger charge is 2.19. The molecule has 1 aliphatic rings. The number of nitrogens with zero attached hydrogens (tertiary/aromatic N) is 4. The first kappa shape index (κ1) is 24.5. The van der Waals surface area contributed by atoms with E-state index in [0.717, 1.165) is 42.6 Å². The molecule has 0 unspecified atom stereocenters. The molecule has 0 amide bonds. The van der Waals surface area contributed by atoms with E-state index in [9.17, 15) is 0 Å². The highest BCUT2D eigenvalue weighted by atomic mass is 16.5. The Kier molecular flexibility index (Phi) is 8.29. The van der Waals surface area contributed by atoms with Crippen molar-refractivity contribution in [3.63, 3.8) is 0 Å². The highest BCUT2D eigenvalue weighted by Crippen LogP contribution is 2.22. The summed E-state index contributed by atoms with van der Waals surface area (Å²) >= 11 is 0. The van der Waals surface area contributed by atoms with Crippen LogP contribution in [0.2, 0.25) is 0 Å². The van der Waals surface area contributed by atoms with Crippen LogP contribution in [-0.4, -0.2) is 40.8 Å². The summed E-state index contributed by atoms with van der Waals surface area (Å²) in [6, 6.07) is 4.28. The van der Waals surface area contributed by atoms with Crippen LogP contribution in [0.15, 0.2) is 40.7 Å². The summed E-state index contributed by atoms with van der Waals surface area (Å²) in [5, 5.41) is 14.1. The molecule has 10 nitrogen and oxygen atoms in total. The van der Waals surface area contributed by atoms with Crippen molar-refractivity contribution in [1.82, 2.24) is 25.9 Å². The van der Waals surface area contributed by atoms with Crippen LogP contribution in [0, 0.1) is 5.92 Å². The Morgan fingerprint density at radius 2 is 2.12 bits per heavy atom. The van der Waals surface area contributed by atoms with E-state index in [1.54, 1.807) is 0 Å². The highest BCUT2D eigenvalue weighted by molar-refractivity contribution is 5.57. The number of nitrogens with one attached hydrogen (secondary N) is 4. The third-order valence-electron chi connectivity index (χ3n) is 5.40. The Balaban J connectivity index is 1.81. The molecule has 1 saturated heterocycles. The second kappa shape index (κ2) is 11.2. The molecule has 0 saturated carbocycles. The standard InChI is InChI=1S/C23H37N9O/c1-14(2)19(30-24)9-16(5)27-21-11-22(32-8-7-25-17(6)13-32)29-23(28-21)26-12-18-10-20(15(3)4)31-33-18/h9-11,14-15,17,25,30H,5,7-8,12-13,24H2,1-4,6H3,(H2,26,27,28,29)/b19-9-/t17-/m0/s1. The molecule has 0 aromatic carbocycles. The van der Waals surface area contributed by atoms with Crippen LogP contribution in [-0.2, 0) is 6.54 Å². The average Bonchev–Trinajstić information content (AvgIpc) is 3.25. The van der Waals surface area contributed by atoms with Gasteiger partial charge in [0.25, 0.3) is 0 Å². The van der Waals surface area contributed by atoms with Crippen molar-refractivity contribution < 1.29 is 4.52 Å². The van der Waals surface area contributed by atoms with Gasteiger partial charge in [-0.15, -0.1) is 0 Å². The van der Waals surface area contributed by atoms with Crippen LogP contribution < -0.4 is 32.1 Å². The molecule has 3 heterocycles. The zero-order valence-electron chi connectivity index (χ0n) is 20.3. The second-order valence-corrected chi connectivity index (χ2v) is 9.01. The minimum Gasteiger partial charge on any atom is -0.359 e. The lowest BCUT2D eigenvalue weighted by Crippen LogP contribution is -2.49. The Hall–Kier alpha value is -3.11. The molecular formula is C23H37N9O. The molecule has 2 aromatic heterocycles. The van der Waals surface area contributed by atoms with Crippen molar-refractivity contribution in [2.24, 2.45) is 11.8 Å². The number of hydrogen-bond donors (Lipinski definition) is 5. The predicted octanol–water partition coefficient (Wildman–Crippen LogP) is 2.93. The minimum atomic E-state index is 0.242. The summed E-state index contributed by atoms with van der Waals surface area (Å²) < 4.78 is 5.44. The number of anilines is 3. The van der Waals surface area contributed by atoms with Crippen LogP contribution in [0.3, 0.4) is 0 Å². The molecule has 33 heavy (non-hydrogen) atoms. The quantitative estimate of drug-likeness (QED) is 0.207. The zero-order valence-corrected chi connectivity index (χ0v) is 20.3. The van der Waals surface area contributed by atoms with Gasteiger partial charge in [0.15, 0.2) is 5.76 Å². The van der Waals surface area contributed by atoms with E-state index in [2.05, 4.69) is 77.6 Å². The van der Waals surface area contributed by atoms with Gasteiger partial charge in [-0.05, 0) is 24.8 Å². The van der Waals surface area contributed by atoms with Gasteiger partial charge in [0, 0.05) is 49.2 Å². The number of nitrogens with two attached hydrogens (primary N) is 1. The second-order valence-electron chi connectivity index (χ2n) is 9.01. The molecule has 3 rings (SSSR count). The fourth-order valence-corrected chi connectivity index (χ4v) is 3.49. The number of rotatable bonds is 10. The minimum absolute atomic E-state index is 0.242. The summed E-state index contributed by atoms with van der Waals surface area (Å²) in [6.45, 7) is 17.6. The third kappa shape index (κ3) is 6.93. The first-order valence-corrected chi connectivity index (χ1v) is 11.5. The molecule has 180 valence electrons. The van der Waals surface area contributed by atoms with Gasteiger partial charge in [0.05, 0.1) is 12.2 Å². The monoisotopic (exact) mass is 455 g/mol. The maximum Gasteiger partial charge on any atom is 0.227 e. The van der Waals surface area contributed by atoms with Gasteiger partial charge >= 0.3 is 0 Å². The fourth-order valence-electron chi connectivity index (χ4n) is 3.49. The van der Waals surface area contributed by atoms with E-state index in [0.29, 0.717) is 36.0 Å². The molecule has 1 aliphatic heterocycles. The molecule has 1 atom stereocenters. The Morgan fingerprint density at radius 1 is 1.33 bits per heavy atom. The third-order valence-corrected chi connectivity index (χ3v) is 5.40. The number of piperazine rings is 1. The van der Waals surface area contributed by atoms with Crippen molar-refractivity contribution in [3.05, 3.63) is 47.6 Å². The molecule has 6 N–H and O–H groups in total. The normalized spacial score (nSPS) is 16.9. The molecule has 2 aromatic rings. The van der Waals surface area contributed by atoms with Crippen molar-refractivity contribution in [1.29, 1.82) is 0 Å². The zero-order chi connectivity index (χ0) is 24.0. The lowest BCUT2D eigenvalue weighted by atomic mass is 10.1. The summed E-state index contributed by atoms with van der Waals surface area (Å²) in [5.74, 6) is 8.93.